The molecule has 0 N–H and O–H groups in total. The van der Waals surface area contributed by atoms with Crippen LogP contribution in [0.2, 0.25) is 0 Å². The summed E-state index contributed by atoms with van der Waals surface area (Å²) < 4.78 is 6.40. The molecule has 0 aliphatic heterocycles. The lowest BCUT2D eigenvalue weighted by atomic mass is 9.82. The molecule has 4 nitrogen and oxygen atoms in total. The van der Waals surface area contributed by atoms with E-state index >= 15 is 0 Å². The van der Waals surface area contributed by atoms with Crippen molar-refractivity contribution in [1.82, 2.24) is 15.0 Å². The second kappa shape index (κ2) is 9.72. The van der Waals surface area contributed by atoms with E-state index in [0.29, 0.717) is 17.5 Å². The molecule has 2 aromatic heterocycles. The van der Waals surface area contributed by atoms with Gasteiger partial charge in [-0.05, 0) is 57.7 Å². The number of fused-ring (bicyclic) bond motifs is 4. The number of nitrogens with zero attached hydrogens (tertiary/aromatic N) is 3. The van der Waals surface area contributed by atoms with E-state index < -0.39 is 0 Å². The molecule has 4 heteroatoms. The fourth-order valence-electron chi connectivity index (χ4n) is 7.25. The number of aromatic nitrogens is 3. The molecule has 1 aliphatic carbocycles. The lowest BCUT2D eigenvalue weighted by molar-refractivity contribution is 0.403. The van der Waals surface area contributed by atoms with Gasteiger partial charge < -0.3 is 4.42 Å². The van der Waals surface area contributed by atoms with E-state index in [0.717, 1.165) is 50.6 Å². The van der Waals surface area contributed by atoms with Gasteiger partial charge in [0.05, 0.1) is 5.56 Å². The Hall–Kier alpha value is -5.09. The van der Waals surface area contributed by atoms with Gasteiger partial charge in [0.15, 0.2) is 17.5 Å². The summed E-state index contributed by atoms with van der Waals surface area (Å²) in [6, 6.07) is 39.9. The van der Waals surface area contributed by atoms with Crippen molar-refractivity contribution in [3.05, 3.63) is 126 Å². The van der Waals surface area contributed by atoms with Gasteiger partial charge in [0.25, 0.3) is 0 Å². The summed E-state index contributed by atoms with van der Waals surface area (Å²) in [7, 11) is 0. The van der Waals surface area contributed by atoms with E-state index in [4.69, 9.17) is 19.4 Å². The van der Waals surface area contributed by atoms with Crippen LogP contribution in [0.1, 0.15) is 45.2 Å². The Kier molecular flexibility index (Phi) is 5.86. The summed E-state index contributed by atoms with van der Waals surface area (Å²) in [4.78, 5) is 15.3. The predicted octanol–water partition coefficient (Wildman–Crippen LogP) is 10.4. The van der Waals surface area contributed by atoms with Crippen LogP contribution < -0.4 is 0 Å². The van der Waals surface area contributed by atoms with E-state index in [2.05, 4.69) is 113 Å². The molecule has 44 heavy (non-hydrogen) atoms. The lowest BCUT2D eigenvalue weighted by Gasteiger charge is -2.22. The Morgan fingerprint density at radius 2 is 1.09 bits per heavy atom. The van der Waals surface area contributed by atoms with Crippen molar-refractivity contribution in [2.75, 3.05) is 0 Å². The molecular weight excluding hydrogens is 538 g/mol. The smallest absolute Gasteiger partial charge is 0.167 e. The van der Waals surface area contributed by atoms with Crippen molar-refractivity contribution < 1.29 is 4.42 Å². The lowest BCUT2D eigenvalue weighted by Crippen LogP contribution is -2.17. The van der Waals surface area contributed by atoms with Gasteiger partial charge in [-0.2, -0.15) is 0 Å². The second-order valence-electron chi connectivity index (χ2n) is 13.2. The fourth-order valence-corrected chi connectivity index (χ4v) is 7.25. The second-order valence-corrected chi connectivity index (χ2v) is 13.2. The van der Waals surface area contributed by atoms with Gasteiger partial charge in [-0.1, -0.05) is 125 Å². The minimum atomic E-state index is 0.0701. The molecule has 0 saturated heterocycles. The van der Waals surface area contributed by atoms with Crippen LogP contribution in [-0.4, -0.2) is 15.0 Å². The Bertz CT molecular complexity index is 2190. The molecule has 0 amide bonds. The standard InChI is InChI=1S/C40H33N3O/c1-39(2)24-40(3,4)33-23-28(21-22-32(33)39)37-41-36(27-19-17-26(18-20-27)25-11-6-5-7-12-25)42-38(43-37)31-15-10-14-30-29-13-8-9-16-34(29)44-35(30)31/h5-23H,24H2,1-4H3. The van der Waals surface area contributed by atoms with Crippen molar-refractivity contribution >= 4 is 21.9 Å². The van der Waals surface area contributed by atoms with Crippen LogP contribution in [0.3, 0.4) is 0 Å². The maximum absolute atomic E-state index is 6.40. The molecule has 0 radical (unpaired) electrons. The normalized spacial score (nSPS) is 15.1. The fraction of sp³-hybridized carbons (Fsp3) is 0.175. The Morgan fingerprint density at radius 3 is 1.89 bits per heavy atom. The molecule has 5 aromatic carbocycles. The molecule has 214 valence electrons. The Labute approximate surface area is 257 Å². The van der Waals surface area contributed by atoms with E-state index in [9.17, 15) is 0 Å². The van der Waals surface area contributed by atoms with Gasteiger partial charge in [0.2, 0.25) is 0 Å². The molecule has 0 fully saturated rings. The summed E-state index contributed by atoms with van der Waals surface area (Å²) in [5, 5.41) is 2.13. The Balaban J connectivity index is 1.32. The number of hydrogen-bond acceptors (Lipinski definition) is 4. The van der Waals surface area contributed by atoms with Gasteiger partial charge in [-0.25, -0.2) is 15.0 Å². The summed E-state index contributed by atoms with van der Waals surface area (Å²) in [6.07, 6.45) is 1.11. The maximum Gasteiger partial charge on any atom is 0.167 e. The van der Waals surface area contributed by atoms with E-state index in [1.54, 1.807) is 0 Å². The molecule has 0 bridgehead atoms. The predicted molar refractivity (Wildman–Crippen MR) is 180 cm³/mol. The van der Waals surface area contributed by atoms with Gasteiger partial charge in [0.1, 0.15) is 11.2 Å². The highest BCUT2D eigenvalue weighted by atomic mass is 16.3. The minimum Gasteiger partial charge on any atom is -0.455 e. The number of furan rings is 1. The molecule has 0 spiro atoms. The first-order valence-electron chi connectivity index (χ1n) is 15.2. The van der Waals surface area contributed by atoms with Gasteiger partial charge in [0, 0.05) is 21.9 Å². The van der Waals surface area contributed by atoms with Crippen molar-refractivity contribution in [1.29, 1.82) is 0 Å². The molecule has 0 unspecified atom stereocenters. The van der Waals surface area contributed by atoms with E-state index in [1.165, 1.54) is 16.7 Å². The molecule has 7 aromatic rings. The largest absolute Gasteiger partial charge is 0.455 e. The molecule has 8 rings (SSSR count). The van der Waals surface area contributed by atoms with Crippen LogP contribution >= 0.6 is 0 Å². The van der Waals surface area contributed by atoms with Crippen LogP contribution in [0, 0.1) is 0 Å². The number of rotatable bonds is 4. The quantitative estimate of drug-likeness (QED) is 0.211. The number of hydrogen-bond donors (Lipinski definition) is 0. The van der Waals surface area contributed by atoms with E-state index in [-0.39, 0.29) is 10.8 Å². The van der Waals surface area contributed by atoms with E-state index in [1.807, 2.05) is 30.3 Å². The first-order chi connectivity index (χ1) is 21.3. The highest BCUT2D eigenvalue weighted by molar-refractivity contribution is 6.09. The van der Waals surface area contributed by atoms with Gasteiger partial charge >= 0.3 is 0 Å². The highest BCUT2D eigenvalue weighted by Crippen LogP contribution is 2.50. The average molecular weight is 572 g/mol. The third kappa shape index (κ3) is 4.32. The third-order valence-corrected chi connectivity index (χ3v) is 9.15. The molecular formula is C40H33N3O. The first-order valence-corrected chi connectivity index (χ1v) is 15.2. The third-order valence-electron chi connectivity index (χ3n) is 9.15. The zero-order chi connectivity index (χ0) is 30.1. The van der Waals surface area contributed by atoms with Crippen molar-refractivity contribution in [2.24, 2.45) is 0 Å². The monoisotopic (exact) mass is 571 g/mol. The molecule has 2 heterocycles. The summed E-state index contributed by atoms with van der Waals surface area (Å²) in [5.41, 5.74) is 9.73. The maximum atomic E-state index is 6.40. The van der Waals surface area contributed by atoms with Crippen molar-refractivity contribution in [2.45, 2.75) is 44.9 Å². The van der Waals surface area contributed by atoms with Crippen LogP contribution in [0.4, 0.5) is 0 Å². The summed E-state index contributed by atoms with van der Waals surface area (Å²) >= 11 is 0. The van der Waals surface area contributed by atoms with Crippen LogP contribution in [0.15, 0.2) is 120 Å². The first kappa shape index (κ1) is 26.5. The van der Waals surface area contributed by atoms with Crippen LogP contribution in [0.25, 0.3) is 67.2 Å². The molecule has 1 aliphatic rings. The SMILES string of the molecule is CC1(C)CC(C)(C)c2cc(-c3nc(-c4ccc(-c5ccccc5)cc4)nc(-c4cccc5c4oc4ccccc45)n3)ccc21. The highest BCUT2D eigenvalue weighted by Gasteiger charge is 2.41. The van der Waals surface area contributed by atoms with Gasteiger partial charge in [-0.15, -0.1) is 0 Å². The minimum absolute atomic E-state index is 0.0701. The van der Waals surface area contributed by atoms with Crippen molar-refractivity contribution in [3.63, 3.8) is 0 Å². The zero-order valence-electron chi connectivity index (χ0n) is 25.4. The van der Waals surface area contributed by atoms with Gasteiger partial charge in [-0.3, -0.25) is 0 Å². The molecule has 0 atom stereocenters. The van der Waals surface area contributed by atoms with Crippen molar-refractivity contribution in [3.8, 4) is 45.3 Å². The number of benzene rings is 5. The number of para-hydroxylation sites is 2. The topological polar surface area (TPSA) is 51.8 Å². The van der Waals surface area contributed by atoms with Crippen LogP contribution in [-0.2, 0) is 10.8 Å². The summed E-state index contributed by atoms with van der Waals surface area (Å²) in [6.45, 7) is 9.36. The summed E-state index contributed by atoms with van der Waals surface area (Å²) in [5.74, 6) is 1.90. The zero-order valence-corrected chi connectivity index (χ0v) is 25.4. The average Bonchev–Trinajstić information content (AvgIpc) is 3.51. The molecule has 0 saturated carbocycles. The van der Waals surface area contributed by atoms with Crippen LogP contribution in [0.5, 0.6) is 0 Å². The Morgan fingerprint density at radius 1 is 0.500 bits per heavy atom.